The van der Waals surface area contributed by atoms with Crippen LogP contribution in [0.3, 0.4) is 0 Å². The van der Waals surface area contributed by atoms with Gasteiger partial charge in [0.1, 0.15) is 10.0 Å². The largest absolute Gasteiger partial charge is 0.317 e. The number of rotatable bonds is 3. The topological polar surface area (TPSA) is 45.2 Å². The minimum atomic E-state index is -0.0287. The molecule has 0 fully saturated rings. The molecule has 0 saturated heterocycles. The zero-order chi connectivity index (χ0) is 18.4. The molecule has 0 unspecified atom stereocenters. The Bertz CT molecular complexity index is 942. The van der Waals surface area contributed by atoms with Gasteiger partial charge < -0.3 is 5.32 Å². The summed E-state index contributed by atoms with van der Waals surface area (Å²) in [6, 6.07) is 9.07. The second-order valence-electron chi connectivity index (χ2n) is 6.88. The van der Waals surface area contributed by atoms with E-state index in [1.54, 1.807) is 29.6 Å². The van der Waals surface area contributed by atoms with Gasteiger partial charge in [-0.2, -0.15) is 0 Å². The molecule has 0 radical (unpaired) electrons. The number of amides is 1. The maximum atomic E-state index is 11.8. The number of nitrogens with one attached hydrogen (secondary N) is 1. The van der Waals surface area contributed by atoms with E-state index in [1.165, 1.54) is 15.1 Å². The van der Waals surface area contributed by atoms with Gasteiger partial charge in [0.25, 0.3) is 0 Å². The van der Waals surface area contributed by atoms with Gasteiger partial charge in [-0.25, -0.2) is 4.98 Å². The average Bonchev–Trinajstić information content (AvgIpc) is 3.15. The summed E-state index contributed by atoms with van der Waals surface area (Å²) in [6.07, 6.45) is 0.995. The Balaban J connectivity index is 1.91. The van der Waals surface area contributed by atoms with E-state index >= 15 is 0 Å². The molecule has 2 atom stereocenters. The molecule has 26 heavy (non-hydrogen) atoms. The molecule has 3 heterocycles. The van der Waals surface area contributed by atoms with Crippen LogP contribution in [0.15, 0.2) is 24.3 Å². The third kappa shape index (κ3) is 2.86. The molecule has 1 aliphatic rings. The molecule has 4 nitrogen and oxygen atoms in total. The van der Waals surface area contributed by atoms with E-state index in [2.05, 4.69) is 43.1 Å². The van der Waals surface area contributed by atoms with Crippen LogP contribution in [0.25, 0.3) is 20.8 Å². The number of fused-ring (bicyclic) bond motifs is 2. The highest BCUT2D eigenvalue weighted by Crippen LogP contribution is 2.49. The van der Waals surface area contributed by atoms with Crippen molar-refractivity contribution in [2.45, 2.75) is 46.2 Å². The Hall–Kier alpha value is -1.76. The zero-order valence-electron chi connectivity index (χ0n) is 15.5. The summed E-state index contributed by atoms with van der Waals surface area (Å²) >= 11 is 3.43. The third-order valence-corrected chi connectivity index (χ3v) is 7.51. The van der Waals surface area contributed by atoms with Crippen LogP contribution in [-0.2, 0) is 11.2 Å². The minimum Gasteiger partial charge on any atom is -0.317 e. The number of carbonyl (C=O) groups excluding carboxylic acids is 1. The van der Waals surface area contributed by atoms with E-state index in [4.69, 9.17) is 4.98 Å². The van der Waals surface area contributed by atoms with Crippen molar-refractivity contribution >= 4 is 43.8 Å². The molecule has 1 N–H and O–H groups in total. The van der Waals surface area contributed by atoms with Crippen molar-refractivity contribution in [1.82, 2.24) is 9.88 Å². The summed E-state index contributed by atoms with van der Waals surface area (Å²) in [6.45, 7) is 9.39. The number of para-hydroxylation sites is 1. The lowest BCUT2D eigenvalue weighted by atomic mass is 9.93. The van der Waals surface area contributed by atoms with Crippen molar-refractivity contribution in [3.05, 3.63) is 34.7 Å². The second-order valence-corrected chi connectivity index (χ2v) is 8.96. The zero-order valence-corrected chi connectivity index (χ0v) is 17.1. The standard InChI is InChI=1S/C20H23N3OS2/c1-5-23-11(2)10-14-17(19(21-13(4)24)26-18(14)12(23)3)20-22-15-8-6-7-9-16(15)25-20/h6-9,11-12H,5,10H2,1-4H3,(H,21,24)/t11-,12+/m1/s1. The van der Waals surface area contributed by atoms with E-state index < -0.39 is 0 Å². The average molecular weight is 386 g/mol. The first kappa shape index (κ1) is 17.6. The van der Waals surface area contributed by atoms with Crippen molar-refractivity contribution in [1.29, 1.82) is 0 Å². The van der Waals surface area contributed by atoms with Crippen LogP contribution in [0.5, 0.6) is 0 Å². The molecule has 6 heteroatoms. The van der Waals surface area contributed by atoms with Crippen molar-refractivity contribution in [3.8, 4) is 10.6 Å². The van der Waals surface area contributed by atoms with Gasteiger partial charge >= 0.3 is 0 Å². The number of benzene rings is 1. The van der Waals surface area contributed by atoms with E-state index in [0.29, 0.717) is 12.1 Å². The molecular formula is C20H23N3OS2. The molecule has 0 saturated carbocycles. The van der Waals surface area contributed by atoms with Gasteiger partial charge in [0.2, 0.25) is 5.91 Å². The number of aromatic nitrogens is 1. The van der Waals surface area contributed by atoms with E-state index in [-0.39, 0.29) is 5.91 Å². The van der Waals surface area contributed by atoms with E-state index in [1.807, 2.05) is 12.1 Å². The third-order valence-electron chi connectivity index (χ3n) is 5.14. The smallest absolute Gasteiger partial charge is 0.221 e. The maximum Gasteiger partial charge on any atom is 0.221 e. The molecule has 0 aliphatic carbocycles. The first-order valence-corrected chi connectivity index (χ1v) is 10.7. The highest BCUT2D eigenvalue weighted by molar-refractivity contribution is 7.23. The molecule has 136 valence electrons. The van der Waals surface area contributed by atoms with Crippen LogP contribution >= 0.6 is 22.7 Å². The summed E-state index contributed by atoms with van der Waals surface area (Å²) < 4.78 is 1.18. The highest BCUT2D eigenvalue weighted by Gasteiger charge is 2.34. The molecule has 0 spiro atoms. The summed E-state index contributed by atoms with van der Waals surface area (Å²) in [4.78, 5) is 20.6. The van der Waals surface area contributed by atoms with E-state index in [9.17, 15) is 4.79 Å². The Kier molecular flexibility index (Phi) is 4.59. The number of hydrogen-bond acceptors (Lipinski definition) is 5. The van der Waals surface area contributed by atoms with Crippen LogP contribution in [-0.4, -0.2) is 28.4 Å². The molecule has 4 rings (SSSR count). The fourth-order valence-electron chi connectivity index (χ4n) is 4.01. The van der Waals surface area contributed by atoms with Crippen LogP contribution in [0.4, 0.5) is 5.00 Å². The number of nitrogens with zero attached hydrogens (tertiary/aromatic N) is 2. The first-order valence-electron chi connectivity index (χ1n) is 9.04. The Labute approximate surface area is 161 Å². The van der Waals surface area contributed by atoms with Crippen LogP contribution in [0, 0.1) is 0 Å². The lowest BCUT2D eigenvalue weighted by Gasteiger charge is -2.38. The van der Waals surface area contributed by atoms with Crippen LogP contribution < -0.4 is 5.32 Å². The maximum absolute atomic E-state index is 11.8. The fourth-order valence-corrected chi connectivity index (χ4v) is 6.47. The fraction of sp³-hybridized carbons (Fsp3) is 0.400. The minimum absolute atomic E-state index is 0.0287. The molecule has 0 bridgehead atoms. The number of carbonyl (C=O) groups is 1. The summed E-state index contributed by atoms with van der Waals surface area (Å²) in [7, 11) is 0. The Morgan fingerprint density at radius 3 is 2.77 bits per heavy atom. The molecule has 2 aromatic heterocycles. The lowest BCUT2D eigenvalue weighted by Crippen LogP contribution is -2.40. The number of thiophene rings is 1. The summed E-state index contributed by atoms with van der Waals surface area (Å²) in [5.74, 6) is -0.0287. The van der Waals surface area contributed by atoms with E-state index in [0.717, 1.165) is 34.1 Å². The quantitative estimate of drug-likeness (QED) is 0.664. The number of anilines is 1. The number of thiazole rings is 1. The monoisotopic (exact) mass is 385 g/mol. The van der Waals surface area contributed by atoms with Gasteiger partial charge in [-0.05, 0) is 44.5 Å². The highest BCUT2D eigenvalue weighted by atomic mass is 32.1. The summed E-state index contributed by atoms with van der Waals surface area (Å²) in [5.41, 5.74) is 3.52. The predicted octanol–water partition coefficient (Wildman–Crippen LogP) is 5.31. The van der Waals surface area contributed by atoms with Crippen LogP contribution in [0.1, 0.15) is 44.2 Å². The molecule has 1 aromatic carbocycles. The normalized spacial score (nSPS) is 20.3. The van der Waals surface area contributed by atoms with Gasteiger partial charge in [0, 0.05) is 29.4 Å². The van der Waals surface area contributed by atoms with Crippen molar-refractivity contribution in [2.75, 3.05) is 11.9 Å². The van der Waals surface area contributed by atoms with Gasteiger partial charge in [-0.3, -0.25) is 9.69 Å². The van der Waals surface area contributed by atoms with Crippen LogP contribution in [0.2, 0.25) is 0 Å². The first-order chi connectivity index (χ1) is 12.5. The van der Waals surface area contributed by atoms with Gasteiger partial charge in [-0.15, -0.1) is 22.7 Å². The Morgan fingerprint density at radius 1 is 1.31 bits per heavy atom. The van der Waals surface area contributed by atoms with Gasteiger partial charge in [-0.1, -0.05) is 19.1 Å². The second kappa shape index (κ2) is 6.76. The molecule has 1 aliphatic heterocycles. The number of hydrogen-bond donors (Lipinski definition) is 1. The SMILES string of the molecule is CCN1[C@H](C)Cc2c(sc(NC(C)=O)c2-c2nc3ccccc3s2)[C@@H]1C. The van der Waals surface area contributed by atoms with Crippen molar-refractivity contribution in [3.63, 3.8) is 0 Å². The molecule has 1 amide bonds. The van der Waals surface area contributed by atoms with Gasteiger partial charge in [0.15, 0.2) is 0 Å². The Morgan fingerprint density at radius 2 is 2.08 bits per heavy atom. The lowest BCUT2D eigenvalue weighted by molar-refractivity contribution is -0.114. The number of likely N-dealkylation sites (N-methyl/N-ethyl adjacent to an activating group) is 1. The van der Waals surface area contributed by atoms with Gasteiger partial charge in [0.05, 0.1) is 10.2 Å². The molecule has 3 aromatic rings. The summed E-state index contributed by atoms with van der Waals surface area (Å²) in [5, 5.41) is 5.02. The molecular weight excluding hydrogens is 362 g/mol. The van der Waals surface area contributed by atoms with Crippen molar-refractivity contribution in [2.24, 2.45) is 0 Å². The predicted molar refractivity (Wildman–Crippen MR) is 111 cm³/mol. The van der Waals surface area contributed by atoms with Crippen molar-refractivity contribution < 1.29 is 4.79 Å².